The summed E-state index contributed by atoms with van der Waals surface area (Å²) in [7, 11) is 0. The highest BCUT2D eigenvalue weighted by Gasteiger charge is 2.47. The molecule has 0 atom stereocenters. The number of anilines is 6. The van der Waals surface area contributed by atoms with E-state index in [0.29, 0.717) is 5.75 Å². The summed E-state index contributed by atoms with van der Waals surface area (Å²) in [5.74, 6) is 6.06. The standard InChI is InChI=1S/C54H36B2N2O4/c1-5-17-35(18-6-1)57-45-27-15-13-25-41(45)55-43-33-44-50(34-49(43)61-51-31-39(29-47(57)53(51)55)59-37-21-9-3-10-22-37)62-52-32-40(60-38-23-11-4-12-24-38)30-48-54(52)56(44)42-26-14-16-28-46(42)58(48)36-19-7-2-8-20-36/h1-3,5-11,13-34H,4,12H2. The normalized spacial score (nSPS) is 14.5. The van der Waals surface area contributed by atoms with Gasteiger partial charge in [0, 0.05) is 64.5 Å². The Balaban J connectivity index is 1.02. The highest BCUT2D eigenvalue weighted by Crippen LogP contribution is 2.46. The monoisotopic (exact) mass is 798 g/mol. The van der Waals surface area contributed by atoms with E-state index < -0.39 is 0 Å². The minimum Gasteiger partial charge on any atom is -0.458 e. The van der Waals surface area contributed by atoms with Crippen molar-refractivity contribution in [3.8, 4) is 40.2 Å². The molecule has 0 saturated heterocycles. The van der Waals surface area contributed by atoms with E-state index in [1.165, 1.54) is 10.9 Å². The van der Waals surface area contributed by atoms with Crippen molar-refractivity contribution in [1.29, 1.82) is 0 Å². The largest absolute Gasteiger partial charge is 0.458 e. The van der Waals surface area contributed by atoms with Crippen LogP contribution in [0.4, 0.5) is 34.1 Å². The van der Waals surface area contributed by atoms with Crippen LogP contribution in [0.15, 0.2) is 200 Å². The van der Waals surface area contributed by atoms with Crippen molar-refractivity contribution in [3.63, 3.8) is 0 Å². The molecular formula is C54H36B2N2O4. The molecule has 8 aromatic carbocycles. The molecule has 0 bridgehead atoms. The van der Waals surface area contributed by atoms with Crippen LogP contribution in [0, 0.1) is 0 Å². The molecule has 6 nitrogen and oxygen atoms in total. The summed E-state index contributed by atoms with van der Waals surface area (Å²) in [6.07, 6.45) is 8.34. The molecule has 0 radical (unpaired) electrons. The Hall–Kier alpha value is -7.83. The average molecular weight is 799 g/mol. The van der Waals surface area contributed by atoms with E-state index in [9.17, 15) is 0 Å². The molecule has 0 unspecified atom stereocenters. The molecule has 8 aromatic rings. The molecule has 13 rings (SSSR count). The molecule has 5 aliphatic rings. The van der Waals surface area contributed by atoms with Crippen LogP contribution in [0.3, 0.4) is 0 Å². The number of rotatable bonds is 6. The summed E-state index contributed by atoms with van der Waals surface area (Å²) in [5.41, 5.74) is 13.3. The Bertz CT molecular complexity index is 3170. The number of benzene rings is 8. The van der Waals surface area contributed by atoms with E-state index in [2.05, 4.69) is 168 Å². The SMILES string of the molecule is C1=CC(Oc2cc3c4c(c2)N(c2ccccc2)c2ccccc2B4c2cc4c(cc2O3)Oc2cc(Oc3ccccc3)cc3c2B4c2ccccc2N3c2ccccc2)=CCC1. The summed E-state index contributed by atoms with van der Waals surface area (Å²) in [6.45, 7) is -0.237. The van der Waals surface area contributed by atoms with Crippen molar-refractivity contribution in [2.24, 2.45) is 0 Å². The minimum absolute atomic E-state index is 0.116. The Morgan fingerprint density at radius 3 is 1.44 bits per heavy atom. The van der Waals surface area contributed by atoms with Gasteiger partial charge in [-0.3, -0.25) is 0 Å². The van der Waals surface area contributed by atoms with E-state index >= 15 is 0 Å². The lowest BCUT2D eigenvalue weighted by molar-refractivity contribution is 0.430. The third kappa shape index (κ3) is 5.46. The molecule has 0 N–H and O–H groups in total. The van der Waals surface area contributed by atoms with E-state index in [0.717, 1.165) is 109 Å². The van der Waals surface area contributed by atoms with Crippen LogP contribution in [0.1, 0.15) is 12.8 Å². The van der Waals surface area contributed by atoms with Gasteiger partial charge in [-0.05, 0) is 106 Å². The van der Waals surface area contributed by atoms with Gasteiger partial charge in [0.25, 0.3) is 13.4 Å². The number of fused-ring (bicyclic) bond motifs is 8. The first-order chi connectivity index (χ1) is 30.7. The Morgan fingerprint density at radius 2 is 0.903 bits per heavy atom. The van der Waals surface area contributed by atoms with Gasteiger partial charge in [0.15, 0.2) is 0 Å². The van der Waals surface area contributed by atoms with E-state index in [4.69, 9.17) is 18.9 Å². The lowest BCUT2D eigenvalue weighted by Crippen LogP contribution is -2.63. The lowest BCUT2D eigenvalue weighted by atomic mass is 9.31. The third-order valence-corrected chi connectivity index (χ3v) is 12.6. The van der Waals surface area contributed by atoms with Gasteiger partial charge in [-0.15, -0.1) is 0 Å². The number of hydrogen-bond acceptors (Lipinski definition) is 6. The Morgan fingerprint density at radius 1 is 0.403 bits per heavy atom. The quantitative estimate of drug-likeness (QED) is 0.156. The van der Waals surface area contributed by atoms with E-state index in [-0.39, 0.29) is 13.4 Å². The molecule has 0 amide bonds. The first kappa shape index (κ1) is 35.0. The zero-order valence-corrected chi connectivity index (χ0v) is 33.6. The fourth-order valence-electron chi connectivity index (χ4n) is 10.1. The maximum Gasteiger partial charge on any atom is 0.256 e. The highest BCUT2D eigenvalue weighted by atomic mass is 16.5. The second kappa shape index (κ2) is 13.9. The zero-order chi connectivity index (χ0) is 40.7. The predicted molar refractivity (Wildman–Crippen MR) is 252 cm³/mol. The second-order valence-corrected chi connectivity index (χ2v) is 16.3. The van der Waals surface area contributed by atoms with Crippen LogP contribution in [0.5, 0.6) is 40.2 Å². The summed E-state index contributed by atoms with van der Waals surface area (Å²) in [6, 6.07) is 61.5. The first-order valence-electron chi connectivity index (χ1n) is 21.3. The van der Waals surface area contributed by atoms with Gasteiger partial charge < -0.3 is 28.7 Å². The van der Waals surface area contributed by atoms with Crippen LogP contribution >= 0.6 is 0 Å². The lowest BCUT2D eigenvalue weighted by Gasteiger charge is -2.42. The summed E-state index contributed by atoms with van der Waals surface area (Å²) < 4.78 is 27.4. The number of hydrogen-bond donors (Lipinski definition) is 0. The van der Waals surface area contributed by atoms with Crippen LogP contribution in [0.25, 0.3) is 0 Å². The van der Waals surface area contributed by atoms with Crippen LogP contribution < -0.4 is 61.5 Å². The Kier molecular flexibility index (Phi) is 7.82. The van der Waals surface area contributed by atoms with Gasteiger partial charge >= 0.3 is 0 Å². The number of allylic oxidation sites excluding steroid dienone is 3. The van der Waals surface area contributed by atoms with E-state index in [1.54, 1.807) is 0 Å². The van der Waals surface area contributed by atoms with Gasteiger partial charge in [0.05, 0.1) is 0 Å². The topological polar surface area (TPSA) is 43.4 Å². The van der Waals surface area contributed by atoms with Gasteiger partial charge in [0.1, 0.15) is 46.0 Å². The molecule has 0 saturated carbocycles. The number of nitrogens with zero attached hydrogens (tertiary/aromatic N) is 2. The molecular weight excluding hydrogens is 762 g/mol. The van der Waals surface area contributed by atoms with Crippen molar-refractivity contribution in [1.82, 2.24) is 0 Å². The number of para-hydroxylation sites is 5. The molecule has 4 aliphatic heterocycles. The maximum atomic E-state index is 7.10. The zero-order valence-electron chi connectivity index (χ0n) is 33.6. The van der Waals surface area contributed by atoms with Crippen LogP contribution in [0.2, 0.25) is 0 Å². The average Bonchev–Trinajstić information content (AvgIpc) is 3.32. The van der Waals surface area contributed by atoms with Gasteiger partial charge in [0.2, 0.25) is 0 Å². The predicted octanol–water partition coefficient (Wildman–Crippen LogP) is 9.90. The molecule has 0 fully saturated rings. The first-order valence-corrected chi connectivity index (χ1v) is 21.3. The van der Waals surface area contributed by atoms with E-state index in [1.807, 2.05) is 36.4 Å². The second-order valence-electron chi connectivity index (χ2n) is 16.3. The van der Waals surface area contributed by atoms with Crippen molar-refractivity contribution < 1.29 is 18.9 Å². The molecule has 0 aromatic heterocycles. The summed E-state index contributed by atoms with van der Waals surface area (Å²) in [5, 5.41) is 0. The van der Waals surface area contributed by atoms with Gasteiger partial charge in [-0.25, -0.2) is 0 Å². The maximum absolute atomic E-state index is 7.10. The van der Waals surface area contributed by atoms with Crippen LogP contribution in [-0.2, 0) is 0 Å². The van der Waals surface area contributed by atoms with Crippen molar-refractivity contribution >= 4 is 80.3 Å². The summed E-state index contributed by atoms with van der Waals surface area (Å²) >= 11 is 0. The molecule has 4 heterocycles. The van der Waals surface area contributed by atoms with Crippen molar-refractivity contribution in [2.45, 2.75) is 12.8 Å². The molecule has 292 valence electrons. The summed E-state index contributed by atoms with van der Waals surface area (Å²) in [4.78, 5) is 4.70. The van der Waals surface area contributed by atoms with Gasteiger partial charge in [-0.2, -0.15) is 0 Å². The molecule has 62 heavy (non-hydrogen) atoms. The fourth-order valence-corrected chi connectivity index (χ4v) is 10.1. The molecule has 0 spiro atoms. The molecule has 8 heteroatoms. The highest BCUT2D eigenvalue weighted by molar-refractivity contribution is 7.02. The van der Waals surface area contributed by atoms with Crippen LogP contribution in [-0.4, -0.2) is 13.4 Å². The van der Waals surface area contributed by atoms with Crippen molar-refractivity contribution in [3.05, 3.63) is 200 Å². The Labute approximate surface area is 360 Å². The van der Waals surface area contributed by atoms with Gasteiger partial charge in [-0.1, -0.05) is 103 Å². The number of ether oxygens (including phenoxy) is 4. The fraction of sp³-hybridized carbons (Fsp3) is 0.0370. The van der Waals surface area contributed by atoms with Crippen molar-refractivity contribution in [2.75, 3.05) is 9.80 Å². The third-order valence-electron chi connectivity index (χ3n) is 12.6. The smallest absolute Gasteiger partial charge is 0.256 e. The minimum atomic E-state index is -0.121. The molecule has 1 aliphatic carbocycles.